The number of anilines is 3. The number of carbonyl (C=O) groups excluding carboxylic acids is 1. The van der Waals surface area contributed by atoms with Crippen molar-refractivity contribution in [2.45, 2.75) is 5.60 Å². The third-order valence-corrected chi connectivity index (χ3v) is 6.35. The maximum absolute atomic E-state index is 12.9. The van der Waals surface area contributed by atoms with Crippen molar-refractivity contribution >= 4 is 23.0 Å². The van der Waals surface area contributed by atoms with Crippen LogP contribution in [0.15, 0.2) is 84.9 Å². The van der Waals surface area contributed by atoms with Crippen molar-refractivity contribution in [3.05, 3.63) is 107 Å². The van der Waals surface area contributed by atoms with Gasteiger partial charge in [-0.05, 0) is 54.6 Å². The number of phenolic OH excluding ortho intramolecular Hbond substituents is 1. The van der Waals surface area contributed by atoms with E-state index in [-0.39, 0.29) is 11.7 Å². The molecule has 3 N–H and O–H groups in total. The lowest BCUT2D eigenvalue weighted by molar-refractivity contribution is 0.0224. The third kappa shape index (κ3) is 2.70. The Bertz CT molecular complexity index is 1430. The molecule has 6 nitrogen and oxygen atoms in total. The van der Waals surface area contributed by atoms with Gasteiger partial charge in [-0.15, -0.1) is 0 Å². The van der Waals surface area contributed by atoms with Gasteiger partial charge in [0.25, 0.3) is 0 Å². The first-order valence-corrected chi connectivity index (χ1v) is 10.6. The first-order valence-electron chi connectivity index (χ1n) is 10.6. The third-order valence-electron chi connectivity index (χ3n) is 6.35. The molecule has 4 aromatic rings. The molecular weight excluding hydrogens is 416 g/mol. The lowest BCUT2D eigenvalue weighted by Gasteiger charge is -2.37. The molecule has 1 spiro atoms. The van der Waals surface area contributed by atoms with E-state index in [0.29, 0.717) is 28.3 Å². The van der Waals surface area contributed by atoms with Crippen molar-refractivity contribution in [2.24, 2.45) is 0 Å². The van der Waals surface area contributed by atoms with Gasteiger partial charge < -0.3 is 25.2 Å². The SMILES string of the molecule is CN(c1ccc(N)cc1)c1ccc2c(c1)Oc1cc(O)ccc1C21OC(=O)c2ccccc21. The van der Waals surface area contributed by atoms with E-state index in [4.69, 9.17) is 15.2 Å². The summed E-state index contributed by atoms with van der Waals surface area (Å²) in [5.74, 6) is 0.678. The lowest BCUT2D eigenvalue weighted by atomic mass is 9.77. The van der Waals surface area contributed by atoms with Gasteiger partial charge in [-0.3, -0.25) is 0 Å². The van der Waals surface area contributed by atoms with E-state index in [9.17, 15) is 9.90 Å². The minimum atomic E-state index is -1.15. The van der Waals surface area contributed by atoms with Crippen LogP contribution in [-0.4, -0.2) is 18.1 Å². The molecule has 2 heterocycles. The van der Waals surface area contributed by atoms with E-state index in [1.165, 1.54) is 0 Å². The number of esters is 1. The average molecular weight is 436 g/mol. The normalized spacial score (nSPS) is 17.5. The van der Waals surface area contributed by atoms with E-state index in [0.717, 1.165) is 22.5 Å². The van der Waals surface area contributed by atoms with E-state index >= 15 is 0 Å². The maximum atomic E-state index is 12.9. The summed E-state index contributed by atoms with van der Waals surface area (Å²) >= 11 is 0. The lowest BCUT2D eigenvalue weighted by Crippen LogP contribution is -2.33. The Hall–Kier alpha value is -4.45. The molecule has 0 saturated carbocycles. The second kappa shape index (κ2) is 6.77. The van der Waals surface area contributed by atoms with E-state index in [2.05, 4.69) is 0 Å². The summed E-state index contributed by atoms with van der Waals surface area (Å²) in [6, 6.07) is 25.7. The average Bonchev–Trinajstić information content (AvgIpc) is 3.12. The van der Waals surface area contributed by atoms with Crippen LogP contribution in [0.1, 0.15) is 27.0 Å². The van der Waals surface area contributed by atoms with Crippen molar-refractivity contribution in [1.82, 2.24) is 0 Å². The predicted octanol–water partition coefficient (Wildman–Crippen LogP) is 5.31. The maximum Gasteiger partial charge on any atom is 0.340 e. The van der Waals surface area contributed by atoms with Crippen LogP contribution in [0.5, 0.6) is 17.2 Å². The Morgan fingerprint density at radius 2 is 1.48 bits per heavy atom. The summed E-state index contributed by atoms with van der Waals surface area (Å²) in [6.45, 7) is 0. The van der Waals surface area contributed by atoms with Gasteiger partial charge in [-0.25, -0.2) is 4.79 Å². The van der Waals surface area contributed by atoms with Gasteiger partial charge in [0.2, 0.25) is 0 Å². The van der Waals surface area contributed by atoms with Crippen LogP contribution in [0, 0.1) is 0 Å². The van der Waals surface area contributed by atoms with Gasteiger partial charge in [-0.1, -0.05) is 18.2 Å². The summed E-state index contributed by atoms with van der Waals surface area (Å²) in [7, 11) is 1.95. The molecule has 6 rings (SSSR count). The van der Waals surface area contributed by atoms with Gasteiger partial charge in [0, 0.05) is 52.9 Å². The Labute approximate surface area is 190 Å². The molecule has 162 valence electrons. The zero-order valence-corrected chi connectivity index (χ0v) is 17.8. The van der Waals surface area contributed by atoms with E-state index in [1.807, 2.05) is 72.6 Å². The number of hydrogen-bond acceptors (Lipinski definition) is 6. The Kier molecular flexibility index (Phi) is 3.95. The van der Waals surface area contributed by atoms with Gasteiger partial charge in [0.05, 0.1) is 5.56 Å². The second-order valence-corrected chi connectivity index (χ2v) is 8.23. The minimum absolute atomic E-state index is 0.0695. The number of nitrogens with two attached hydrogens (primary N) is 1. The van der Waals surface area contributed by atoms with Gasteiger partial charge in [0.1, 0.15) is 17.2 Å². The number of nitrogens with zero attached hydrogens (tertiary/aromatic N) is 1. The second-order valence-electron chi connectivity index (χ2n) is 8.23. The highest BCUT2D eigenvalue weighted by molar-refractivity contribution is 5.97. The fourth-order valence-electron chi connectivity index (χ4n) is 4.71. The van der Waals surface area contributed by atoms with Crippen molar-refractivity contribution < 1.29 is 19.4 Å². The fraction of sp³-hybridized carbons (Fsp3) is 0.0741. The summed E-state index contributed by atoms with van der Waals surface area (Å²) in [4.78, 5) is 14.9. The molecule has 2 aliphatic heterocycles. The summed E-state index contributed by atoms with van der Waals surface area (Å²) < 4.78 is 12.4. The van der Waals surface area contributed by atoms with Crippen molar-refractivity contribution in [3.63, 3.8) is 0 Å². The van der Waals surface area contributed by atoms with Gasteiger partial charge in [-0.2, -0.15) is 0 Å². The molecule has 2 aliphatic rings. The Morgan fingerprint density at radius 1 is 0.818 bits per heavy atom. The minimum Gasteiger partial charge on any atom is -0.508 e. The molecule has 4 aromatic carbocycles. The highest BCUT2D eigenvalue weighted by Crippen LogP contribution is 2.57. The molecule has 0 aliphatic carbocycles. The van der Waals surface area contributed by atoms with Gasteiger partial charge in [0.15, 0.2) is 5.60 Å². The molecule has 1 unspecified atom stereocenters. The van der Waals surface area contributed by atoms with Crippen molar-refractivity contribution in [1.29, 1.82) is 0 Å². The number of benzene rings is 4. The predicted molar refractivity (Wildman–Crippen MR) is 125 cm³/mol. The van der Waals surface area contributed by atoms with Crippen LogP contribution in [0.2, 0.25) is 0 Å². The first kappa shape index (κ1) is 19.3. The molecule has 0 saturated heterocycles. The summed E-state index contributed by atoms with van der Waals surface area (Å²) in [5.41, 5.74) is 9.90. The molecule has 6 heteroatoms. The first-order chi connectivity index (χ1) is 16.0. The summed E-state index contributed by atoms with van der Waals surface area (Å²) in [6.07, 6.45) is 0. The fourth-order valence-corrected chi connectivity index (χ4v) is 4.71. The molecule has 33 heavy (non-hydrogen) atoms. The monoisotopic (exact) mass is 436 g/mol. The number of ether oxygens (including phenoxy) is 2. The number of aromatic hydroxyl groups is 1. The quantitative estimate of drug-likeness (QED) is 0.327. The van der Waals surface area contributed by atoms with E-state index in [1.54, 1.807) is 24.3 Å². The summed E-state index contributed by atoms with van der Waals surface area (Å²) in [5, 5.41) is 10.1. The standard InChI is InChI=1S/C27H20N2O4/c1-29(17-8-6-16(28)7-9-17)18-10-12-22-24(14-18)32-25-15-19(30)11-13-23(25)27(22)21-5-3-2-4-20(21)26(31)33-27/h2-15,30H,28H2,1H3. The molecule has 0 aromatic heterocycles. The number of carbonyl (C=O) groups is 1. The Morgan fingerprint density at radius 3 is 2.27 bits per heavy atom. The number of hydrogen-bond donors (Lipinski definition) is 2. The van der Waals surface area contributed by atoms with Crippen LogP contribution in [0.25, 0.3) is 0 Å². The zero-order valence-electron chi connectivity index (χ0n) is 17.8. The largest absolute Gasteiger partial charge is 0.508 e. The number of nitrogen functional groups attached to an aromatic ring is 1. The van der Waals surface area contributed by atoms with Crippen molar-refractivity contribution in [2.75, 3.05) is 17.7 Å². The molecular formula is C27H20N2O4. The number of fused-ring (bicyclic) bond motifs is 6. The molecule has 0 bridgehead atoms. The van der Waals surface area contributed by atoms with Gasteiger partial charge >= 0.3 is 5.97 Å². The zero-order chi connectivity index (χ0) is 22.7. The molecule has 0 fully saturated rings. The number of rotatable bonds is 2. The number of phenols is 1. The van der Waals surface area contributed by atoms with E-state index < -0.39 is 5.60 Å². The smallest absolute Gasteiger partial charge is 0.340 e. The molecule has 1 atom stereocenters. The topological polar surface area (TPSA) is 85.0 Å². The van der Waals surface area contributed by atoms with Crippen LogP contribution in [-0.2, 0) is 10.3 Å². The van der Waals surface area contributed by atoms with Crippen LogP contribution < -0.4 is 15.4 Å². The highest BCUT2D eigenvalue weighted by atomic mass is 16.6. The molecule has 0 radical (unpaired) electrons. The highest BCUT2D eigenvalue weighted by Gasteiger charge is 2.53. The van der Waals surface area contributed by atoms with Crippen molar-refractivity contribution in [3.8, 4) is 17.2 Å². The molecule has 0 amide bonds. The Balaban J connectivity index is 1.56. The van der Waals surface area contributed by atoms with Crippen LogP contribution in [0.3, 0.4) is 0 Å². The van der Waals surface area contributed by atoms with Crippen LogP contribution >= 0.6 is 0 Å². The van der Waals surface area contributed by atoms with Crippen LogP contribution in [0.4, 0.5) is 17.1 Å².